The van der Waals surface area contributed by atoms with E-state index < -0.39 is 0 Å². The van der Waals surface area contributed by atoms with Gasteiger partial charge in [-0.1, -0.05) is 198 Å². The van der Waals surface area contributed by atoms with Gasteiger partial charge in [-0.3, -0.25) is 0 Å². The smallest absolute Gasteiger partial charge is 0.0619 e. The van der Waals surface area contributed by atoms with Gasteiger partial charge in [-0.2, -0.15) is 0 Å². The molecule has 0 unspecified atom stereocenters. The summed E-state index contributed by atoms with van der Waals surface area (Å²) in [6.45, 7) is 9.63. The molecule has 0 saturated heterocycles. The molecule has 1 aromatic heterocycles. The Bertz CT molecular complexity index is 3600. The number of rotatable bonds is 7. The molecule has 0 fully saturated rings. The van der Waals surface area contributed by atoms with Gasteiger partial charge >= 0.3 is 0 Å². The lowest BCUT2D eigenvalue weighted by molar-refractivity contribution is 0.332. The average molecular weight is 849 g/mol. The van der Waals surface area contributed by atoms with E-state index in [1.165, 1.54) is 101 Å². The normalized spacial score (nSPS) is 14.2. The van der Waals surface area contributed by atoms with Crippen molar-refractivity contribution in [2.24, 2.45) is 0 Å². The number of hydrogen-bond acceptors (Lipinski definition) is 1. The molecule has 11 aromatic rings. The fourth-order valence-electron chi connectivity index (χ4n) is 10.9. The van der Waals surface area contributed by atoms with Crippen LogP contribution in [-0.4, -0.2) is 4.57 Å². The predicted molar refractivity (Wildman–Crippen MR) is 282 cm³/mol. The van der Waals surface area contributed by atoms with Crippen molar-refractivity contribution >= 4 is 60.4 Å². The minimum absolute atomic E-state index is 0.152. The summed E-state index contributed by atoms with van der Waals surface area (Å²) in [6, 6.07) is 80.9. The third kappa shape index (κ3) is 6.71. The van der Waals surface area contributed by atoms with Crippen LogP contribution in [0.2, 0.25) is 0 Å². The van der Waals surface area contributed by atoms with E-state index in [0.717, 1.165) is 22.7 Å². The first-order chi connectivity index (χ1) is 32.2. The molecular weight excluding hydrogens is 797 g/mol. The van der Waals surface area contributed by atoms with E-state index >= 15 is 0 Å². The van der Waals surface area contributed by atoms with Crippen molar-refractivity contribution in [2.45, 2.75) is 51.4 Å². The highest BCUT2D eigenvalue weighted by atomic mass is 15.1. The van der Waals surface area contributed by atoms with Crippen LogP contribution in [0.15, 0.2) is 218 Å². The van der Waals surface area contributed by atoms with Gasteiger partial charge in [-0.15, -0.1) is 0 Å². The van der Waals surface area contributed by atoms with Crippen LogP contribution >= 0.6 is 0 Å². The van der Waals surface area contributed by atoms with Gasteiger partial charge in [-0.05, 0) is 133 Å². The molecule has 12 rings (SSSR count). The zero-order chi connectivity index (χ0) is 44.6. The SMILES string of the molecule is CC1(C)CCC(C)(C)c2cc(-c3ccc(-n4c5cc(N(c6ccc(-c7ccccc7)cc6)c6ccc(-c7cccc8ccccc78)cc6)ccc5c5ccc6ccccc6c54)cc3)ccc21. The number of nitrogens with zero attached hydrogens (tertiary/aromatic N) is 2. The van der Waals surface area contributed by atoms with Gasteiger partial charge in [0.25, 0.3) is 0 Å². The van der Waals surface area contributed by atoms with Gasteiger partial charge in [0, 0.05) is 38.9 Å². The molecule has 0 N–H and O–H groups in total. The van der Waals surface area contributed by atoms with E-state index in [4.69, 9.17) is 0 Å². The van der Waals surface area contributed by atoms with Gasteiger partial charge < -0.3 is 9.47 Å². The third-order valence-corrected chi connectivity index (χ3v) is 14.7. The Kier molecular flexibility index (Phi) is 9.36. The second-order valence-electron chi connectivity index (χ2n) is 19.6. The Morgan fingerprint density at radius 3 is 1.62 bits per heavy atom. The second-order valence-corrected chi connectivity index (χ2v) is 19.6. The Hall–Kier alpha value is -7.68. The number of anilines is 3. The molecule has 1 heterocycles. The van der Waals surface area contributed by atoms with Crippen LogP contribution < -0.4 is 4.90 Å². The molecule has 0 aliphatic heterocycles. The molecule has 0 radical (unpaired) electrons. The van der Waals surface area contributed by atoms with Gasteiger partial charge in [0.1, 0.15) is 0 Å². The van der Waals surface area contributed by atoms with Crippen LogP contribution in [0.4, 0.5) is 17.1 Å². The fraction of sp³-hybridized carbons (Fsp3) is 0.125. The molecule has 1 aliphatic carbocycles. The van der Waals surface area contributed by atoms with E-state index in [2.05, 4.69) is 256 Å². The van der Waals surface area contributed by atoms with Crippen LogP contribution in [0.1, 0.15) is 51.7 Å². The van der Waals surface area contributed by atoms with E-state index in [-0.39, 0.29) is 10.8 Å². The number of hydrogen-bond donors (Lipinski definition) is 0. The molecule has 2 heteroatoms. The highest BCUT2D eigenvalue weighted by Crippen LogP contribution is 2.48. The summed E-state index contributed by atoms with van der Waals surface area (Å²) >= 11 is 0. The molecule has 0 amide bonds. The molecule has 66 heavy (non-hydrogen) atoms. The maximum atomic E-state index is 2.50. The second kappa shape index (κ2) is 15.5. The van der Waals surface area contributed by atoms with Crippen molar-refractivity contribution in [2.75, 3.05) is 4.90 Å². The van der Waals surface area contributed by atoms with E-state index in [1.807, 2.05) is 0 Å². The molecule has 0 bridgehead atoms. The molecule has 1 aliphatic rings. The lowest BCUT2D eigenvalue weighted by Gasteiger charge is -2.42. The van der Waals surface area contributed by atoms with Gasteiger partial charge in [0.15, 0.2) is 0 Å². The van der Waals surface area contributed by atoms with Gasteiger partial charge in [0.05, 0.1) is 11.0 Å². The lowest BCUT2D eigenvalue weighted by atomic mass is 9.63. The molecular formula is C64H52N2. The molecule has 0 saturated carbocycles. The van der Waals surface area contributed by atoms with Crippen LogP contribution in [0.3, 0.4) is 0 Å². The maximum Gasteiger partial charge on any atom is 0.0619 e. The van der Waals surface area contributed by atoms with Gasteiger partial charge in [0.2, 0.25) is 0 Å². The van der Waals surface area contributed by atoms with Crippen molar-refractivity contribution in [3.8, 4) is 39.1 Å². The van der Waals surface area contributed by atoms with Crippen LogP contribution in [0.5, 0.6) is 0 Å². The highest BCUT2D eigenvalue weighted by Gasteiger charge is 2.37. The Morgan fingerprint density at radius 1 is 0.364 bits per heavy atom. The van der Waals surface area contributed by atoms with Crippen LogP contribution in [-0.2, 0) is 10.8 Å². The lowest BCUT2D eigenvalue weighted by Crippen LogP contribution is -2.33. The molecule has 2 nitrogen and oxygen atoms in total. The highest BCUT2D eigenvalue weighted by molar-refractivity contribution is 6.19. The topological polar surface area (TPSA) is 8.17 Å². The maximum absolute atomic E-state index is 2.50. The van der Waals surface area contributed by atoms with Crippen molar-refractivity contribution in [1.29, 1.82) is 0 Å². The first-order valence-electron chi connectivity index (χ1n) is 23.5. The van der Waals surface area contributed by atoms with E-state index in [9.17, 15) is 0 Å². The summed E-state index contributed by atoms with van der Waals surface area (Å²) in [5.41, 5.74) is 17.5. The van der Waals surface area contributed by atoms with E-state index in [1.54, 1.807) is 0 Å². The quantitative estimate of drug-likeness (QED) is 0.155. The zero-order valence-corrected chi connectivity index (χ0v) is 38.1. The monoisotopic (exact) mass is 848 g/mol. The Labute approximate surface area is 388 Å². The third-order valence-electron chi connectivity index (χ3n) is 14.7. The Balaban J connectivity index is 1.02. The van der Waals surface area contributed by atoms with Crippen LogP contribution in [0.25, 0.3) is 82.4 Å². The molecule has 0 spiro atoms. The summed E-state index contributed by atoms with van der Waals surface area (Å²) < 4.78 is 2.50. The molecule has 318 valence electrons. The zero-order valence-electron chi connectivity index (χ0n) is 38.1. The number of fused-ring (bicyclic) bond motifs is 7. The van der Waals surface area contributed by atoms with Gasteiger partial charge in [-0.25, -0.2) is 0 Å². The summed E-state index contributed by atoms with van der Waals surface area (Å²) in [7, 11) is 0. The minimum atomic E-state index is 0.152. The summed E-state index contributed by atoms with van der Waals surface area (Å²) in [5.74, 6) is 0. The summed E-state index contributed by atoms with van der Waals surface area (Å²) in [6.07, 6.45) is 2.42. The van der Waals surface area contributed by atoms with Crippen molar-refractivity contribution < 1.29 is 0 Å². The first kappa shape index (κ1) is 39.9. The number of benzene rings is 10. The number of aromatic nitrogens is 1. The minimum Gasteiger partial charge on any atom is -0.310 e. The summed E-state index contributed by atoms with van der Waals surface area (Å²) in [5, 5.41) is 7.46. The fourth-order valence-corrected chi connectivity index (χ4v) is 10.9. The Morgan fingerprint density at radius 2 is 0.894 bits per heavy atom. The van der Waals surface area contributed by atoms with Crippen molar-refractivity contribution in [3.63, 3.8) is 0 Å². The van der Waals surface area contributed by atoms with Crippen molar-refractivity contribution in [1.82, 2.24) is 4.57 Å². The largest absolute Gasteiger partial charge is 0.310 e. The predicted octanol–water partition coefficient (Wildman–Crippen LogP) is 17.9. The molecule has 10 aromatic carbocycles. The standard InChI is InChI=1S/C64H52N2/c1-63(2)39-40-64(3,4)60-41-49(28-38-59(60)63)45-23-31-52(32-24-45)66-61-42-53(35-37-57(61)58-36-27-47-16-9-11-19-56(47)62(58)66)65(50-29-21-44(22-30-50)43-13-6-5-7-14-43)51-33-25-48(26-34-51)55-20-12-17-46-15-8-10-18-54(46)55/h5-38,41-42H,39-40H2,1-4H3. The average Bonchev–Trinajstić information content (AvgIpc) is 3.70. The summed E-state index contributed by atoms with van der Waals surface area (Å²) in [4.78, 5) is 2.41. The van der Waals surface area contributed by atoms with Crippen molar-refractivity contribution in [3.05, 3.63) is 230 Å². The van der Waals surface area contributed by atoms with Crippen LogP contribution in [0, 0.1) is 0 Å². The first-order valence-corrected chi connectivity index (χ1v) is 23.5. The van der Waals surface area contributed by atoms with E-state index in [0.29, 0.717) is 0 Å². The molecule has 0 atom stereocenters.